The van der Waals surface area contributed by atoms with Gasteiger partial charge in [0.1, 0.15) is 12.7 Å². The number of thiol groups is 1. The van der Waals surface area contributed by atoms with Crippen LogP contribution in [0.5, 0.6) is 0 Å². The Morgan fingerprint density at radius 3 is 1.55 bits per heavy atom. The molecule has 0 aromatic carbocycles. The van der Waals surface area contributed by atoms with E-state index in [1.54, 1.807) is 0 Å². The number of aliphatic hydroxyl groups is 4. The summed E-state index contributed by atoms with van der Waals surface area (Å²) in [7, 11) is 0. The average Bonchev–Trinajstić information content (AvgIpc) is 2.04. The van der Waals surface area contributed by atoms with E-state index in [1.807, 2.05) is 0 Å². The van der Waals surface area contributed by atoms with Crippen LogP contribution >= 0.6 is 12.6 Å². The topological polar surface area (TPSA) is 98.0 Å². The summed E-state index contributed by atoms with van der Waals surface area (Å²) in [4.78, 5) is 9.43. The van der Waals surface area contributed by atoms with Crippen molar-refractivity contribution in [3.05, 3.63) is 0 Å². The van der Waals surface area contributed by atoms with Crippen LogP contribution in [0.2, 0.25) is 0 Å². The summed E-state index contributed by atoms with van der Waals surface area (Å²) >= 11 is 3.21. The summed E-state index contributed by atoms with van der Waals surface area (Å²) in [5.41, 5.74) is 0. The molecular weight excluding hydrogens is 172 g/mol. The summed E-state index contributed by atoms with van der Waals surface area (Å²) < 4.78 is 0. The SMILES string of the molecule is O=C(S)CO.OCC(O)CO. The largest absolute Gasteiger partial charge is 0.394 e. The minimum absolute atomic E-state index is 0.365. The van der Waals surface area contributed by atoms with E-state index < -0.39 is 17.8 Å². The van der Waals surface area contributed by atoms with Gasteiger partial charge in [0.05, 0.1) is 13.2 Å². The molecule has 6 heteroatoms. The van der Waals surface area contributed by atoms with Gasteiger partial charge in [-0.05, 0) is 0 Å². The first kappa shape index (κ1) is 13.4. The zero-order valence-electron chi connectivity index (χ0n) is 5.84. The van der Waals surface area contributed by atoms with Crippen LogP contribution in [0.15, 0.2) is 0 Å². The molecule has 0 saturated carbocycles. The Balaban J connectivity index is 0. The second-order valence-electron chi connectivity index (χ2n) is 1.57. The maximum absolute atomic E-state index is 9.43. The van der Waals surface area contributed by atoms with Crippen LogP contribution in [0.4, 0.5) is 0 Å². The molecule has 0 fully saturated rings. The minimum atomic E-state index is -0.954. The second-order valence-corrected chi connectivity index (χ2v) is 2.07. The number of hydrogen-bond acceptors (Lipinski definition) is 5. The first-order valence-corrected chi connectivity index (χ1v) is 3.25. The lowest BCUT2D eigenvalue weighted by Gasteiger charge is -1.96. The number of aliphatic hydroxyl groups excluding tert-OH is 4. The van der Waals surface area contributed by atoms with Gasteiger partial charge in [-0.2, -0.15) is 0 Å². The van der Waals surface area contributed by atoms with Gasteiger partial charge in [-0.15, -0.1) is 12.6 Å². The molecule has 11 heavy (non-hydrogen) atoms. The van der Waals surface area contributed by atoms with Crippen molar-refractivity contribution < 1.29 is 25.2 Å². The molecule has 0 rings (SSSR count). The van der Waals surface area contributed by atoms with Gasteiger partial charge in [0.25, 0.3) is 0 Å². The van der Waals surface area contributed by atoms with E-state index in [0.29, 0.717) is 0 Å². The standard InChI is InChI=1S/C3H8O3.C2H4O2S/c4-1-3(6)2-5;3-1-2(4)5/h3-6H,1-2H2;3H,1H2,(H,4,5). The lowest BCUT2D eigenvalue weighted by atomic mass is 10.4. The van der Waals surface area contributed by atoms with Gasteiger partial charge in [0, 0.05) is 0 Å². The molecule has 0 bridgehead atoms. The van der Waals surface area contributed by atoms with Crippen LogP contribution in [0.1, 0.15) is 0 Å². The van der Waals surface area contributed by atoms with Crippen molar-refractivity contribution in [2.45, 2.75) is 6.10 Å². The summed E-state index contributed by atoms with van der Waals surface area (Å²) in [6.07, 6.45) is -0.954. The van der Waals surface area contributed by atoms with Gasteiger partial charge in [0.15, 0.2) is 0 Å². The molecule has 68 valence electrons. The van der Waals surface area contributed by atoms with Crippen LogP contribution in [0.25, 0.3) is 0 Å². The lowest BCUT2D eigenvalue weighted by molar-refractivity contribution is -0.113. The zero-order valence-corrected chi connectivity index (χ0v) is 6.74. The van der Waals surface area contributed by atoms with E-state index >= 15 is 0 Å². The third-order valence-corrected chi connectivity index (χ3v) is 0.698. The highest BCUT2D eigenvalue weighted by molar-refractivity contribution is 7.96. The van der Waals surface area contributed by atoms with Gasteiger partial charge in [-0.25, -0.2) is 0 Å². The predicted molar refractivity (Wildman–Crippen MR) is 41.3 cm³/mol. The minimum Gasteiger partial charge on any atom is -0.394 e. The molecule has 0 aliphatic carbocycles. The van der Waals surface area contributed by atoms with Crippen LogP contribution in [0, 0.1) is 0 Å². The molecule has 0 aliphatic rings. The Kier molecular flexibility index (Phi) is 12.1. The molecule has 0 spiro atoms. The van der Waals surface area contributed by atoms with Crippen LogP contribution in [-0.4, -0.2) is 51.5 Å². The van der Waals surface area contributed by atoms with E-state index in [0.717, 1.165) is 0 Å². The van der Waals surface area contributed by atoms with E-state index in [2.05, 4.69) is 12.6 Å². The maximum atomic E-state index is 9.43. The van der Waals surface area contributed by atoms with E-state index in [-0.39, 0.29) is 13.2 Å². The number of carbonyl (C=O) groups excluding carboxylic acids is 1. The van der Waals surface area contributed by atoms with Gasteiger partial charge < -0.3 is 20.4 Å². The summed E-state index contributed by atoms with van der Waals surface area (Å²) in [5.74, 6) is 0. The third kappa shape index (κ3) is 17.7. The Morgan fingerprint density at radius 1 is 1.27 bits per heavy atom. The fourth-order valence-electron chi connectivity index (χ4n) is 0.0577. The van der Waals surface area contributed by atoms with Crippen molar-refractivity contribution in [3.63, 3.8) is 0 Å². The van der Waals surface area contributed by atoms with Crippen LogP contribution < -0.4 is 0 Å². The van der Waals surface area contributed by atoms with Crippen molar-refractivity contribution in [3.8, 4) is 0 Å². The highest BCUT2D eigenvalue weighted by Gasteiger charge is 1.93. The fourth-order valence-corrected chi connectivity index (χ4v) is 0.0577. The van der Waals surface area contributed by atoms with E-state index in [4.69, 9.17) is 20.4 Å². The van der Waals surface area contributed by atoms with Gasteiger partial charge in [0.2, 0.25) is 5.12 Å². The Labute approximate surface area is 69.7 Å². The Hall–Kier alpha value is -0.140. The fraction of sp³-hybridized carbons (Fsp3) is 0.800. The normalized spacial score (nSPS) is 8.91. The molecule has 0 radical (unpaired) electrons. The van der Waals surface area contributed by atoms with E-state index in [1.165, 1.54) is 0 Å². The van der Waals surface area contributed by atoms with E-state index in [9.17, 15) is 4.79 Å². The monoisotopic (exact) mass is 184 g/mol. The molecular formula is C5H12O5S. The summed E-state index contributed by atoms with van der Waals surface area (Å²) in [5, 5.41) is 31.2. The summed E-state index contributed by atoms with van der Waals surface area (Å²) in [6.45, 7) is -1.20. The first-order valence-electron chi connectivity index (χ1n) is 2.80. The molecule has 0 aromatic heterocycles. The highest BCUT2D eigenvalue weighted by atomic mass is 32.1. The zero-order chi connectivity index (χ0) is 9.28. The highest BCUT2D eigenvalue weighted by Crippen LogP contribution is 1.71. The maximum Gasteiger partial charge on any atom is 0.211 e. The number of hydrogen-bond donors (Lipinski definition) is 5. The van der Waals surface area contributed by atoms with Gasteiger partial charge >= 0.3 is 0 Å². The summed E-state index contributed by atoms with van der Waals surface area (Å²) in [6, 6.07) is 0. The average molecular weight is 184 g/mol. The second kappa shape index (κ2) is 9.86. The van der Waals surface area contributed by atoms with Crippen molar-refractivity contribution in [1.82, 2.24) is 0 Å². The van der Waals surface area contributed by atoms with Crippen molar-refractivity contribution >= 4 is 17.7 Å². The quantitative estimate of drug-likeness (QED) is 0.320. The molecule has 0 unspecified atom stereocenters. The molecule has 5 nitrogen and oxygen atoms in total. The molecule has 4 N–H and O–H groups in total. The number of rotatable bonds is 3. The van der Waals surface area contributed by atoms with Gasteiger partial charge in [-0.3, -0.25) is 4.79 Å². The Bertz CT molecular complexity index is 92.9. The Morgan fingerprint density at radius 2 is 1.55 bits per heavy atom. The van der Waals surface area contributed by atoms with Gasteiger partial charge in [-0.1, -0.05) is 0 Å². The van der Waals surface area contributed by atoms with Crippen molar-refractivity contribution in [1.29, 1.82) is 0 Å². The molecule has 0 aromatic rings. The molecule has 0 heterocycles. The first-order chi connectivity index (χ1) is 5.08. The predicted octanol–water partition coefficient (Wildman–Crippen LogP) is -2.23. The molecule has 0 atom stereocenters. The van der Waals surface area contributed by atoms with Crippen LogP contribution in [-0.2, 0) is 4.79 Å². The lowest BCUT2D eigenvalue weighted by Crippen LogP contribution is -2.15. The molecule has 0 aliphatic heterocycles. The molecule has 0 amide bonds. The van der Waals surface area contributed by atoms with Crippen molar-refractivity contribution in [2.75, 3.05) is 19.8 Å². The molecule has 0 saturated heterocycles. The number of carbonyl (C=O) groups is 1. The van der Waals surface area contributed by atoms with Crippen LogP contribution in [0.3, 0.4) is 0 Å². The van der Waals surface area contributed by atoms with Crippen molar-refractivity contribution in [2.24, 2.45) is 0 Å². The smallest absolute Gasteiger partial charge is 0.211 e. The third-order valence-electron chi connectivity index (χ3n) is 0.557.